The Morgan fingerprint density at radius 2 is 2.12 bits per heavy atom. The molecule has 4 rings (SSSR count). The molecule has 3 heterocycles. The molecular formula is C16H20N6O3S. The van der Waals surface area contributed by atoms with Crippen molar-refractivity contribution in [1.82, 2.24) is 29.4 Å². The van der Waals surface area contributed by atoms with Crippen LogP contribution < -0.4 is 5.32 Å². The molecule has 2 aromatic rings. The fourth-order valence-electron chi connectivity index (χ4n) is 3.20. The van der Waals surface area contributed by atoms with E-state index in [9.17, 15) is 13.2 Å². The van der Waals surface area contributed by atoms with Gasteiger partial charge in [-0.3, -0.25) is 14.5 Å². The van der Waals surface area contributed by atoms with E-state index < -0.39 is 10.0 Å². The van der Waals surface area contributed by atoms with Crippen LogP contribution in [0, 0.1) is 0 Å². The lowest BCUT2D eigenvalue weighted by Crippen LogP contribution is -2.43. The van der Waals surface area contributed by atoms with E-state index in [4.69, 9.17) is 0 Å². The van der Waals surface area contributed by atoms with E-state index in [1.807, 2.05) is 10.7 Å². The minimum Gasteiger partial charge on any atom is -0.351 e. The maximum Gasteiger partial charge on any atom is 0.271 e. The highest BCUT2D eigenvalue weighted by Crippen LogP contribution is 2.34. The Balaban J connectivity index is 1.41. The van der Waals surface area contributed by atoms with Crippen LogP contribution in [-0.4, -0.2) is 56.7 Å². The molecule has 1 amide bonds. The predicted molar refractivity (Wildman–Crippen MR) is 92.6 cm³/mol. The summed E-state index contributed by atoms with van der Waals surface area (Å²) >= 11 is 0. The van der Waals surface area contributed by atoms with Gasteiger partial charge in [0, 0.05) is 31.7 Å². The molecule has 1 aliphatic carbocycles. The molecule has 0 saturated heterocycles. The van der Waals surface area contributed by atoms with E-state index in [-0.39, 0.29) is 22.9 Å². The molecule has 138 valence electrons. The molecule has 9 nitrogen and oxygen atoms in total. The average molecular weight is 376 g/mol. The summed E-state index contributed by atoms with van der Waals surface area (Å²) in [6, 6.07) is 1.74. The Morgan fingerprint density at radius 1 is 1.27 bits per heavy atom. The number of carbonyl (C=O) groups excluding carboxylic acids is 1. The maximum absolute atomic E-state index is 12.6. The van der Waals surface area contributed by atoms with Crippen molar-refractivity contribution in [3.63, 3.8) is 0 Å². The second-order valence-electron chi connectivity index (χ2n) is 6.59. The predicted octanol–water partition coefficient (Wildman–Crippen LogP) is 0.342. The molecule has 0 spiro atoms. The summed E-state index contributed by atoms with van der Waals surface area (Å²) in [4.78, 5) is 19.9. The van der Waals surface area contributed by atoms with Gasteiger partial charge in [-0.05, 0) is 25.3 Å². The smallest absolute Gasteiger partial charge is 0.271 e. The van der Waals surface area contributed by atoms with Crippen LogP contribution in [0.3, 0.4) is 0 Å². The lowest BCUT2D eigenvalue weighted by Gasteiger charge is -2.33. The summed E-state index contributed by atoms with van der Waals surface area (Å²) in [5.41, 5.74) is 1.14. The van der Waals surface area contributed by atoms with Gasteiger partial charge in [-0.2, -0.15) is 9.40 Å². The van der Waals surface area contributed by atoms with Crippen molar-refractivity contribution in [2.75, 3.05) is 13.1 Å². The molecule has 0 unspecified atom stereocenters. The number of aromatic nitrogens is 4. The van der Waals surface area contributed by atoms with Gasteiger partial charge in [0.1, 0.15) is 5.69 Å². The summed E-state index contributed by atoms with van der Waals surface area (Å²) in [5.74, 6) is -0.294. The van der Waals surface area contributed by atoms with E-state index >= 15 is 0 Å². The number of hydrogen-bond acceptors (Lipinski definition) is 6. The van der Waals surface area contributed by atoms with Crippen molar-refractivity contribution in [1.29, 1.82) is 0 Å². The first kappa shape index (κ1) is 17.1. The molecule has 1 saturated carbocycles. The van der Waals surface area contributed by atoms with Crippen molar-refractivity contribution in [2.24, 2.45) is 0 Å². The molecular weight excluding hydrogens is 356 g/mol. The van der Waals surface area contributed by atoms with Crippen molar-refractivity contribution < 1.29 is 13.2 Å². The number of rotatable bonds is 6. The third-order valence-electron chi connectivity index (χ3n) is 4.72. The van der Waals surface area contributed by atoms with Crippen molar-refractivity contribution in [2.45, 2.75) is 37.1 Å². The number of nitrogens with one attached hydrogen (secondary N) is 1. The van der Waals surface area contributed by atoms with Crippen molar-refractivity contribution in [3.05, 3.63) is 42.2 Å². The van der Waals surface area contributed by atoms with Gasteiger partial charge in [0.05, 0.1) is 29.7 Å². The summed E-state index contributed by atoms with van der Waals surface area (Å²) in [6.45, 7) is 1.15. The second-order valence-corrected chi connectivity index (χ2v) is 8.81. The zero-order valence-electron chi connectivity index (χ0n) is 14.2. The van der Waals surface area contributed by atoms with Crippen molar-refractivity contribution in [3.8, 4) is 0 Å². The van der Waals surface area contributed by atoms with Gasteiger partial charge < -0.3 is 5.32 Å². The Bertz CT molecular complexity index is 894. The Kier molecular flexibility index (Phi) is 4.45. The van der Waals surface area contributed by atoms with Gasteiger partial charge in [-0.1, -0.05) is 0 Å². The fraction of sp³-hybridized carbons (Fsp3) is 0.500. The van der Waals surface area contributed by atoms with Crippen LogP contribution in [0.15, 0.2) is 30.9 Å². The van der Waals surface area contributed by atoms with E-state index in [0.29, 0.717) is 26.1 Å². The van der Waals surface area contributed by atoms with E-state index in [1.165, 1.54) is 18.6 Å². The van der Waals surface area contributed by atoms with Crippen LogP contribution >= 0.6 is 0 Å². The lowest BCUT2D eigenvalue weighted by molar-refractivity contribution is 0.0944. The molecule has 0 radical (unpaired) electrons. The highest BCUT2D eigenvalue weighted by molar-refractivity contribution is 7.90. The monoisotopic (exact) mass is 376 g/mol. The SMILES string of the molecule is O=C(NCC[C@H]1CN(S(=O)(=O)C2CC2)Cc2ccnn21)c1cnccn1. The Labute approximate surface area is 151 Å². The zero-order chi connectivity index (χ0) is 18.1. The van der Waals surface area contributed by atoms with Gasteiger partial charge >= 0.3 is 0 Å². The molecule has 2 aromatic heterocycles. The summed E-state index contributed by atoms with van der Waals surface area (Å²) in [6.07, 6.45) is 8.14. The van der Waals surface area contributed by atoms with Crippen LogP contribution in [0.5, 0.6) is 0 Å². The Morgan fingerprint density at radius 3 is 2.85 bits per heavy atom. The largest absolute Gasteiger partial charge is 0.351 e. The molecule has 26 heavy (non-hydrogen) atoms. The summed E-state index contributed by atoms with van der Waals surface area (Å²) < 4.78 is 28.6. The van der Waals surface area contributed by atoms with Gasteiger partial charge in [-0.15, -0.1) is 0 Å². The van der Waals surface area contributed by atoms with Crippen LogP contribution in [-0.2, 0) is 16.6 Å². The van der Waals surface area contributed by atoms with Gasteiger partial charge in [-0.25, -0.2) is 13.4 Å². The molecule has 1 N–H and O–H groups in total. The first-order valence-electron chi connectivity index (χ1n) is 8.61. The van der Waals surface area contributed by atoms with E-state index in [0.717, 1.165) is 18.5 Å². The lowest BCUT2D eigenvalue weighted by atomic mass is 10.1. The number of hydrogen-bond donors (Lipinski definition) is 1. The van der Waals surface area contributed by atoms with Gasteiger partial charge in [0.15, 0.2) is 0 Å². The fourth-order valence-corrected chi connectivity index (χ4v) is 5.04. The normalized spacial score (nSPS) is 20.5. The molecule has 1 aliphatic heterocycles. The minimum absolute atomic E-state index is 0.107. The van der Waals surface area contributed by atoms with Crippen molar-refractivity contribution >= 4 is 15.9 Å². The molecule has 1 fully saturated rings. The number of carbonyl (C=O) groups is 1. The Hall–Kier alpha value is -2.33. The van der Waals surface area contributed by atoms with Gasteiger partial charge in [0.25, 0.3) is 5.91 Å². The quantitative estimate of drug-likeness (QED) is 0.779. The van der Waals surface area contributed by atoms with E-state index in [2.05, 4.69) is 20.4 Å². The molecule has 0 aromatic carbocycles. The summed E-state index contributed by atoms with van der Waals surface area (Å²) in [5, 5.41) is 6.91. The topological polar surface area (TPSA) is 110 Å². The second kappa shape index (κ2) is 6.76. The third kappa shape index (κ3) is 3.34. The molecule has 2 aliphatic rings. The number of sulfonamides is 1. The first-order chi connectivity index (χ1) is 12.6. The highest BCUT2D eigenvalue weighted by Gasteiger charge is 2.42. The number of fused-ring (bicyclic) bond motifs is 1. The number of amides is 1. The molecule has 10 heteroatoms. The first-order valence-corrected chi connectivity index (χ1v) is 10.1. The van der Waals surface area contributed by atoms with Crippen LogP contribution in [0.25, 0.3) is 0 Å². The zero-order valence-corrected chi connectivity index (χ0v) is 15.0. The highest BCUT2D eigenvalue weighted by atomic mass is 32.2. The molecule has 1 atom stereocenters. The molecule has 0 bridgehead atoms. The maximum atomic E-state index is 12.6. The average Bonchev–Trinajstić information content (AvgIpc) is 3.41. The van der Waals surface area contributed by atoms with E-state index in [1.54, 1.807) is 10.5 Å². The van der Waals surface area contributed by atoms with Crippen LogP contribution in [0.2, 0.25) is 0 Å². The van der Waals surface area contributed by atoms with Crippen LogP contribution in [0.4, 0.5) is 0 Å². The minimum atomic E-state index is -3.24. The standard InChI is InChI=1S/C16H20N6O3S/c23-16(15-9-17-7-8-18-15)19-5-3-12-10-21(26(24,25)14-1-2-14)11-13-4-6-20-22(12)13/h4,6-9,12,14H,1-3,5,10-11H2,(H,19,23)/t12-/m0/s1. The summed E-state index contributed by atoms with van der Waals surface area (Å²) in [7, 11) is -3.24. The van der Waals surface area contributed by atoms with Crippen LogP contribution in [0.1, 0.15) is 41.5 Å². The third-order valence-corrected chi connectivity index (χ3v) is 7.03. The van der Waals surface area contributed by atoms with Gasteiger partial charge in [0.2, 0.25) is 10.0 Å². The number of nitrogens with zero attached hydrogens (tertiary/aromatic N) is 5.